The third-order valence-corrected chi connectivity index (χ3v) is 5.55. The van der Waals surface area contributed by atoms with Crippen molar-refractivity contribution >= 4 is 24.6 Å². The van der Waals surface area contributed by atoms with Crippen molar-refractivity contribution in [2.45, 2.75) is 26.8 Å². The van der Waals surface area contributed by atoms with Gasteiger partial charge in [0.15, 0.2) is 0 Å². The molecule has 0 aliphatic carbocycles. The summed E-state index contributed by atoms with van der Waals surface area (Å²) >= 11 is 0. The van der Waals surface area contributed by atoms with Crippen molar-refractivity contribution < 1.29 is 13.6 Å². The second-order valence-electron chi connectivity index (χ2n) is 5.19. The van der Waals surface area contributed by atoms with Crippen molar-refractivity contribution in [2.24, 2.45) is 0 Å². The summed E-state index contributed by atoms with van der Waals surface area (Å²) in [6.45, 7) is 5.46. The van der Waals surface area contributed by atoms with Crippen molar-refractivity contribution in [1.82, 2.24) is 20.3 Å². The van der Waals surface area contributed by atoms with Gasteiger partial charge in [0.05, 0.1) is 19.4 Å². The first kappa shape index (κ1) is 18.7. The number of nitrogen functional groups attached to an aromatic ring is 1. The molecule has 0 aliphatic rings. The van der Waals surface area contributed by atoms with Gasteiger partial charge < -0.3 is 25.1 Å². The third kappa shape index (κ3) is 4.67. The Balaban J connectivity index is 1.87. The van der Waals surface area contributed by atoms with E-state index in [4.69, 9.17) is 14.8 Å². The molecule has 2 aromatic heterocycles. The lowest BCUT2D eigenvalue weighted by atomic mass is 10.3. The Morgan fingerprint density at radius 2 is 2.04 bits per heavy atom. The van der Waals surface area contributed by atoms with Gasteiger partial charge in [0.25, 0.3) is 5.56 Å². The van der Waals surface area contributed by atoms with E-state index >= 15 is 0 Å². The smallest absolute Gasteiger partial charge is 0.330 e. The van der Waals surface area contributed by atoms with E-state index in [1.165, 1.54) is 0 Å². The second kappa shape index (κ2) is 8.43. The van der Waals surface area contributed by atoms with E-state index in [9.17, 15) is 9.36 Å². The fourth-order valence-corrected chi connectivity index (χ4v) is 4.06. The summed E-state index contributed by atoms with van der Waals surface area (Å²) < 4.78 is 22.8. The normalized spacial score (nSPS) is 12.1. The highest BCUT2D eigenvalue weighted by atomic mass is 31.2. The molecule has 10 heteroatoms. The molecule has 0 unspecified atom stereocenters. The van der Waals surface area contributed by atoms with Crippen LogP contribution < -0.4 is 16.6 Å². The maximum atomic E-state index is 12.3. The molecule has 0 amide bonds. The summed E-state index contributed by atoms with van der Waals surface area (Å²) in [6, 6.07) is 0. The van der Waals surface area contributed by atoms with Gasteiger partial charge in [-0.2, -0.15) is 0 Å². The number of nitrogens with zero attached hydrogens (tertiary/aromatic N) is 1. The summed E-state index contributed by atoms with van der Waals surface area (Å²) in [5.41, 5.74) is 7.08. The minimum Gasteiger partial charge on any atom is -0.369 e. The molecule has 0 aliphatic heterocycles. The van der Waals surface area contributed by atoms with Gasteiger partial charge in [-0.1, -0.05) is 0 Å². The summed E-state index contributed by atoms with van der Waals surface area (Å²) in [5, 5.41) is 3.23. The standard InChI is InChI=1S/C14H24N5O4P/c1-3-22-24(21,23-4-2)7-5-6-16-8-10-9-17-12-11(10)18-14(15)19-13(12)20/h9,16-17H,3-8H2,1-2H3,(H3,15,18,19,20). The van der Waals surface area contributed by atoms with Crippen LogP contribution in [0, 0.1) is 0 Å². The highest BCUT2D eigenvalue weighted by Crippen LogP contribution is 2.48. The first-order valence-corrected chi connectivity index (χ1v) is 9.66. The molecule has 0 atom stereocenters. The molecule has 134 valence electrons. The first-order chi connectivity index (χ1) is 11.5. The minimum atomic E-state index is -2.99. The zero-order valence-electron chi connectivity index (χ0n) is 13.9. The number of nitrogens with two attached hydrogens (primary N) is 1. The molecule has 0 spiro atoms. The number of hydrogen-bond donors (Lipinski definition) is 4. The van der Waals surface area contributed by atoms with E-state index in [1.807, 2.05) is 0 Å². The van der Waals surface area contributed by atoms with Crippen LogP contribution in [0.4, 0.5) is 5.95 Å². The monoisotopic (exact) mass is 357 g/mol. The number of rotatable bonds is 10. The molecular formula is C14H24N5O4P. The Morgan fingerprint density at radius 3 is 2.71 bits per heavy atom. The molecule has 0 saturated heterocycles. The van der Waals surface area contributed by atoms with Gasteiger partial charge in [-0.15, -0.1) is 0 Å². The quantitative estimate of drug-likeness (QED) is 0.374. The van der Waals surface area contributed by atoms with E-state index in [1.54, 1.807) is 20.0 Å². The lowest BCUT2D eigenvalue weighted by Crippen LogP contribution is -2.17. The number of aromatic nitrogens is 3. The number of fused-ring (bicyclic) bond motifs is 1. The van der Waals surface area contributed by atoms with Gasteiger partial charge in [-0.25, -0.2) is 4.98 Å². The number of hydrogen-bond acceptors (Lipinski definition) is 7. The van der Waals surface area contributed by atoms with Crippen LogP contribution in [0.25, 0.3) is 11.0 Å². The fraction of sp³-hybridized carbons (Fsp3) is 0.571. The van der Waals surface area contributed by atoms with Gasteiger partial charge in [-0.05, 0) is 26.8 Å². The Morgan fingerprint density at radius 1 is 1.33 bits per heavy atom. The molecule has 0 fully saturated rings. The summed E-state index contributed by atoms with van der Waals surface area (Å²) in [6.07, 6.45) is 2.74. The zero-order chi connectivity index (χ0) is 17.6. The van der Waals surface area contributed by atoms with Crippen LogP contribution in [-0.2, 0) is 20.2 Å². The average molecular weight is 357 g/mol. The predicted octanol–water partition coefficient (Wildman–Crippen LogP) is 1.58. The molecule has 0 saturated carbocycles. The lowest BCUT2D eigenvalue weighted by molar-refractivity contribution is 0.219. The highest BCUT2D eigenvalue weighted by molar-refractivity contribution is 7.53. The van der Waals surface area contributed by atoms with Gasteiger partial charge >= 0.3 is 7.60 Å². The zero-order valence-corrected chi connectivity index (χ0v) is 14.8. The lowest BCUT2D eigenvalue weighted by Gasteiger charge is -2.16. The number of H-pyrrole nitrogens is 2. The summed E-state index contributed by atoms with van der Waals surface area (Å²) in [5.74, 6) is 0.0858. The van der Waals surface area contributed by atoms with E-state index in [-0.39, 0.29) is 11.5 Å². The molecule has 0 aromatic carbocycles. The fourth-order valence-electron chi connectivity index (χ4n) is 2.40. The summed E-state index contributed by atoms with van der Waals surface area (Å²) in [4.78, 5) is 21.2. The van der Waals surface area contributed by atoms with Crippen molar-refractivity contribution in [3.63, 3.8) is 0 Å². The van der Waals surface area contributed by atoms with Gasteiger partial charge in [0, 0.05) is 18.3 Å². The maximum absolute atomic E-state index is 12.3. The summed E-state index contributed by atoms with van der Waals surface area (Å²) in [7, 11) is -2.99. The molecule has 0 radical (unpaired) electrons. The van der Waals surface area contributed by atoms with Crippen molar-refractivity contribution in [1.29, 1.82) is 0 Å². The third-order valence-electron chi connectivity index (χ3n) is 3.39. The Labute approximate surface area is 139 Å². The molecule has 2 aromatic rings. The molecule has 0 bridgehead atoms. The van der Waals surface area contributed by atoms with Crippen molar-refractivity contribution in [3.05, 3.63) is 22.1 Å². The Hall–Kier alpha value is -1.67. The van der Waals surface area contributed by atoms with Gasteiger partial charge in [0.2, 0.25) is 5.95 Å². The minimum absolute atomic E-state index is 0.0858. The van der Waals surface area contributed by atoms with E-state index in [2.05, 4.69) is 20.3 Å². The Kier molecular flexibility index (Phi) is 6.56. The topological polar surface area (TPSA) is 135 Å². The van der Waals surface area contributed by atoms with Crippen LogP contribution in [0.15, 0.2) is 11.0 Å². The van der Waals surface area contributed by atoms with Crippen LogP contribution in [0.1, 0.15) is 25.8 Å². The van der Waals surface area contributed by atoms with Crippen LogP contribution in [0.5, 0.6) is 0 Å². The molecular weight excluding hydrogens is 333 g/mol. The van der Waals surface area contributed by atoms with E-state index in [0.717, 1.165) is 5.56 Å². The first-order valence-electron chi connectivity index (χ1n) is 7.93. The molecule has 2 heterocycles. The van der Waals surface area contributed by atoms with E-state index < -0.39 is 7.60 Å². The highest BCUT2D eigenvalue weighted by Gasteiger charge is 2.22. The molecule has 2 rings (SSSR count). The molecule has 5 N–H and O–H groups in total. The van der Waals surface area contributed by atoms with Crippen LogP contribution >= 0.6 is 7.60 Å². The second-order valence-corrected chi connectivity index (χ2v) is 7.37. The predicted molar refractivity (Wildman–Crippen MR) is 93.2 cm³/mol. The number of nitrogens with one attached hydrogen (secondary N) is 3. The Bertz CT molecular complexity index is 762. The molecule has 9 nitrogen and oxygen atoms in total. The van der Waals surface area contributed by atoms with Crippen molar-refractivity contribution in [3.8, 4) is 0 Å². The van der Waals surface area contributed by atoms with E-state index in [0.29, 0.717) is 49.9 Å². The SMILES string of the molecule is CCOP(=O)(CCCNCc1c[nH]c2c(=O)[nH]c(N)nc12)OCC. The maximum Gasteiger partial charge on any atom is 0.330 e. The number of anilines is 1. The van der Waals surface area contributed by atoms with Crippen LogP contribution in [-0.4, -0.2) is 40.9 Å². The average Bonchev–Trinajstić information content (AvgIpc) is 2.91. The largest absolute Gasteiger partial charge is 0.369 e. The van der Waals surface area contributed by atoms with Crippen LogP contribution in [0.3, 0.4) is 0 Å². The van der Waals surface area contributed by atoms with Crippen molar-refractivity contribution in [2.75, 3.05) is 31.7 Å². The number of aromatic amines is 2. The van der Waals surface area contributed by atoms with Gasteiger partial charge in [0.1, 0.15) is 11.0 Å². The molecule has 24 heavy (non-hydrogen) atoms. The van der Waals surface area contributed by atoms with Gasteiger partial charge in [-0.3, -0.25) is 14.3 Å². The van der Waals surface area contributed by atoms with Crippen LogP contribution in [0.2, 0.25) is 0 Å².